The fourth-order valence-electron chi connectivity index (χ4n) is 2.52. The molecule has 4 N–H and O–H groups in total. The molecule has 2 rings (SSSR count). The summed E-state index contributed by atoms with van der Waals surface area (Å²) in [6.07, 6.45) is 3.27. The highest BCUT2D eigenvalue weighted by Crippen LogP contribution is 2.25. The minimum Gasteiger partial charge on any atom is -0.396 e. The number of aliphatic hydroxyl groups is 1. The first kappa shape index (κ1) is 15.3. The van der Waals surface area contributed by atoms with E-state index in [9.17, 15) is 14.3 Å². The Kier molecular flexibility index (Phi) is 4.99. The number of nitrogens with two attached hydrogens (primary N) is 1. The summed E-state index contributed by atoms with van der Waals surface area (Å²) in [6.45, 7) is 0.514. The normalized spacial score (nSPS) is 22.6. The molecule has 0 aliphatic heterocycles. The number of nitrogens with one attached hydrogen (secondary N) is 1. The van der Waals surface area contributed by atoms with E-state index < -0.39 is 5.82 Å². The van der Waals surface area contributed by atoms with Crippen molar-refractivity contribution < 1.29 is 14.3 Å². The highest BCUT2D eigenvalue weighted by molar-refractivity contribution is 9.10. The zero-order valence-corrected chi connectivity index (χ0v) is 12.6. The monoisotopic (exact) mass is 344 g/mol. The average molecular weight is 345 g/mol. The van der Waals surface area contributed by atoms with Gasteiger partial charge < -0.3 is 16.2 Å². The number of carbonyl (C=O) groups excluding carboxylic acids is 1. The lowest BCUT2D eigenvalue weighted by Crippen LogP contribution is -2.33. The molecular weight excluding hydrogens is 327 g/mol. The number of rotatable bonds is 3. The highest BCUT2D eigenvalue weighted by atomic mass is 79.9. The van der Waals surface area contributed by atoms with E-state index in [0.29, 0.717) is 28.9 Å². The molecule has 0 bridgehead atoms. The third-order valence-electron chi connectivity index (χ3n) is 3.64. The van der Waals surface area contributed by atoms with Gasteiger partial charge in [0, 0.05) is 11.0 Å². The number of hydrogen-bond acceptors (Lipinski definition) is 3. The molecule has 2 atom stereocenters. The van der Waals surface area contributed by atoms with Crippen LogP contribution in [-0.2, 0) is 0 Å². The van der Waals surface area contributed by atoms with Gasteiger partial charge in [0.25, 0.3) is 5.91 Å². The molecule has 0 radical (unpaired) electrons. The van der Waals surface area contributed by atoms with Gasteiger partial charge in [-0.05, 0) is 53.2 Å². The van der Waals surface area contributed by atoms with Gasteiger partial charge in [0.1, 0.15) is 5.82 Å². The molecule has 0 spiro atoms. The van der Waals surface area contributed by atoms with E-state index in [1.165, 1.54) is 12.1 Å². The number of amides is 1. The molecule has 1 aromatic carbocycles. The lowest BCUT2D eigenvalue weighted by Gasteiger charge is -2.26. The van der Waals surface area contributed by atoms with Gasteiger partial charge in [-0.15, -0.1) is 0 Å². The lowest BCUT2D eigenvalue weighted by atomic mass is 9.87. The molecule has 110 valence electrons. The summed E-state index contributed by atoms with van der Waals surface area (Å²) in [5.74, 6) is -0.549. The molecule has 4 nitrogen and oxygen atoms in total. The quantitative estimate of drug-likeness (QED) is 0.737. The van der Waals surface area contributed by atoms with E-state index in [2.05, 4.69) is 21.2 Å². The van der Waals surface area contributed by atoms with E-state index in [0.717, 1.165) is 19.3 Å². The van der Waals surface area contributed by atoms with Gasteiger partial charge in [-0.1, -0.05) is 6.42 Å². The van der Waals surface area contributed by atoms with E-state index >= 15 is 0 Å². The Bertz CT molecular complexity index is 510. The zero-order valence-electron chi connectivity index (χ0n) is 11.0. The first-order valence-electron chi connectivity index (χ1n) is 6.68. The van der Waals surface area contributed by atoms with Crippen molar-refractivity contribution in [1.82, 2.24) is 5.32 Å². The van der Waals surface area contributed by atoms with Gasteiger partial charge in [0.15, 0.2) is 0 Å². The van der Waals surface area contributed by atoms with Gasteiger partial charge in [0.2, 0.25) is 0 Å². The molecule has 1 aliphatic carbocycles. The van der Waals surface area contributed by atoms with Crippen LogP contribution in [0, 0.1) is 11.7 Å². The van der Waals surface area contributed by atoms with Crippen molar-refractivity contribution in [3.8, 4) is 0 Å². The van der Waals surface area contributed by atoms with Crippen LogP contribution >= 0.6 is 15.9 Å². The second-order valence-corrected chi connectivity index (χ2v) is 6.10. The maximum Gasteiger partial charge on any atom is 0.252 e. The number of benzene rings is 1. The van der Waals surface area contributed by atoms with Crippen LogP contribution < -0.4 is 11.1 Å². The predicted molar refractivity (Wildman–Crippen MR) is 78.8 cm³/mol. The first-order chi connectivity index (χ1) is 9.47. The summed E-state index contributed by atoms with van der Waals surface area (Å²) < 4.78 is 13.6. The maximum absolute atomic E-state index is 13.2. The largest absolute Gasteiger partial charge is 0.396 e. The van der Waals surface area contributed by atoms with E-state index in [1.807, 2.05) is 0 Å². The number of hydrogen-bond donors (Lipinski definition) is 3. The molecule has 0 saturated heterocycles. The zero-order chi connectivity index (χ0) is 14.7. The minimum atomic E-state index is -0.552. The predicted octanol–water partition coefficient (Wildman–Crippen LogP) is 2.45. The minimum absolute atomic E-state index is 0.0496. The first-order valence-corrected chi connectivity index (χ1v) is 7.47. The summed E-state index contributed by atoms with van der Waals surface area (Å²) in [4.78, 5) is 12.1. The van der Waals surface area contributed by atoms with Crippen molar-refractivity contribution in [2.45, 2.75) is 31.8 Å². The molecule has 1 fully saturated rings. The van der Waals surface area contributed by atoms with Gasteiger partial charge in [0.05, 0.1) is 17.4 Å². The fourth-order valence-corrected chi connectivity index (χ4v) is 3.02. The molecular formula is C14H18BrFN2O2. The summed E-state index contributed by atoms with van der Waals surface area (Å²) in [7, 11) is 0. The molecule has 6 heteroatoms. The van der Waals surface area contributed by atoms with Crippen LogP contribution in [0.15, 0.2) is 16.6 Å². The van der Waals surface area contributed by atoms with Gasteiger partial charge in [-0.25, -0.2) is 4.39 Å². The molecule has 0 heterocycles. The Balaban J connectivity index is 1.96. The summed E-state index contributed by atoms with van der Waals surface area (Å²) >= 11 is 3.16. The van der Waals surface area contributed by atoms with E-state index in [1.54, 1.807) is 0 Å². The van der Waals surface area contributed by atoms with Crippen LogP contribution in [0.3, 0.4) is 0 Å². The highest BCUT2D eigenvalue weighted by Gasteiger charge is 2.21. The van der Waals surface area contributed by atoms with Crippen LogP contribution in [0.2, 0.25) is 0 Å². The Morgan fingerprint density at radius 1 is 1.50 bits per heavy atom. The van der Waals surface area contributed by atoms with Crippen molar-refractivity contribution in [2.75, 3.05) is 12.3 Å². The van der Waals surface area contributed by atoms with Gasteiger partial charge in [-0.3, -0.25) is 4.79 Å². The number of aliphatic hydroxyl groups excluding tert-OH is 1. The van der Waals surface area contributed by atoms with Crippen LogP contribution in [0.1, 0.15) is 36.0 Å². The molecule has 20 heavy (non-hydrogen) atoms. The van der Waals surface area contributed by atoms with Gasteiger partial charge >= 0.3 is 0 Å². The second-order valence-electron chi connectivity index (χ2n) is 5.25. The summed E-state index contributed by atoms with van der Waals surface area (Å²) in [5.41, 5.74) is 5.75. The summed E-state index contributed by atoms with van der Waals surface area (Å²) in [5, 5.41) is 12.4. The molecule has 1 aliphatic rings. The SMILES string of the molecule is Nc1cc(C(=O)NCC2CCCC(O)C2)c(Br)cc1F. The third-order valence-corrected chi connectivity index (χ3v) is 4.29. The molecule has 2 unspecified atom stereocenters. The van der Waals surface area contributed by atoms with Crippen molar-refractivity contribution in [2.24, 2.45) is 5.92 Å². The summed E-state index contributed by atoms with van der Waals surface area (Å²) in [6, 6.07) is 2.51. The van der Waals surface area contributed by atoms with E-state index in [4.69, 9.17) is 5.73 Å². The van der Waals surface area contributed by atoms with Crippen LogP contribution in [-0.4, -0.2) is 23.7 Å². The van der Waals surface area contributed by atoms with Crippen LogP contribution in [0.4, 0.5) is 10.1 Å². The second kappa shape index (κ2) is 6.54. The number of nitrogen functional groups attached to an aromatic ring is 1. The molecule has 0 aromatic heterocycles. The molecule has 1 saturated carbocycles. The Morgan fingerprint density at radius 3 is 2.95 bits per heavy atom. The third kappa shape index (κ3) is 3.70. The van der Waals surface area contributed by atoms with Gasteiger partial charge in [-0.2, -0.15) is 0 Å². The van der Waals surface area contributed by atoms with E-state index in [-0.39, 0.29) is 17.7 Å². The fraction of sp³-hybridized carbons (Fsp3) is 0.500. The maximum atomic E-state index is 13.2. The van der Waals surface area contributed by atoms with Crippen molar-refractivity contribution in [3.05, 3.63) is 28.0 Å². The smallest absolute Gasteiger partial charge is 0.252 e. The number of halogens is 2. The topological polar surface area (TPSA) is 75.4 Å². The van der Waals surface area contributed by atoms with Crippen molar-refractivity contribution in [3.63, 3.8) is 0 Å². The Hall–Kier alpha value is -1.14. The standard InChI is InChI=1S/C14H18BrFN2O2/c15-11-6-12(16)13(17)5-10(11)14(20)18-7-8-2-1-3-9(19)4-8/h5-6,8-9,19H,1-4,7,17H2,(H,18,20). The van der Waals surface area contributed by atoms with Crippen LogP contribution in [0.5, 0.6) is 0 Å². The molecule has 1 amide bonds. The lowest BCUT2D eigenvalue weighted by molar-refractivity contribution is 0.0873. The van der Waals surface area contributed by atoms with Crippen molar-refractivity contribution in [1.29, 1.82) is 0 Å². The molecule has 1 aromatic rings. The van der Waals surface area contributed by atoms with Crippen molar-refractivity contribution >= 4 is 27.5 Å². The van der Waals surface area contributed by atoms with Crippen LogP contribution in [0.25, 0.3) is 0 Å². The Labute approximate surface area is 125 Å². The average Bonchev–Trinajstić information content (AvgIpc) is 2.40. The number of carbonyl (C=O) groups is 1. The number of anilines is 1. The Morgan fingerprint density at radius 2 is 2.25 bits per heavy atom.